The molecule has 0 aromatic carbocycles. The van der Waals surface area contributed by atoms with Crippen LogP contribution in [0.15, 0.2) is 11.6 Å². The van der Waals surface area contributed by atoms with Gasteiger partial charge in [-0.1, -0.05) is 20.8 Å². The molecule has 0 bridgehead atoms. The second-order valence-electron chi connectivity index (χ2n) is 8.90. The molecule has 0 aromatic rings. The summed E-state index contributed by atoms with van der Waals surface area (Å²) in [5.41, 5.74) is 0.269. The molecule has 6 atom stereocenters. The lowest BCUT2D eigenvalue weighted by Crippen LogP contribution is -2.58. The number of aliphatic hydroxyl groups is 1. The number of hydrogen-bond donors (Lipinski definition) is 1. The van der Waals surface area contributed by atoms with E-state index in [9.17, 15) is 9.90 Å². The number of epoxide rings is 1. The summed E-state index contributed by atoms with van der Waals surface area (Å²) in [5.74, 6) is 0.789. The number of carbonyl (C=O) groups is 1. The Kier molecular flexibility index (Phi) is 2.87. The zero-order chi connectivity index (χ0) is 15.9. The number of carbonyl (C=O) groups excluding carboxylic acids is 1. The van der Waals surface area contributed by atoms with Gasteiger partial charge in [-0.3, -0.25) is 4.79 Å². The van der Waals surface area contributed by atoms with Crippen LogP contribution >= 0.6 is 0 Å². The van der Waals surface area contributed by atoms with Gasteiger partial charge in [0.25, 0.3) is 0 Å². The Hall–Kier alpha value is -0.670. The third-order valence-electron chi connectivity index (χ3n) is 7.30. The lowest BCUT2D eigenvalue weighted by atomic mass is 9.48. The lowest BCUT2D eigenvalue weighted by Gasteiger charge is -2.55. The molecule has 1 aliphatic heterocycles. The van der Waals surface area contributed by atoms with Crippen LogP contribution in [0.5, 0.6) is 0 Å². The maximum Gasteiger partial charge on any atom is 0.162 e. The van der Waals surface area contributed by atoms with Gasteiger partial charge in [0.05, 0.1) is 11.5 Å². The summed E-state index contributed by atoms with van der Waals surface area (Å²) in [6.07, 6.45) is 6.99. The van der Waals surface area contributed by atoms with Crippen LogP contribution in [0.25, 0.3) is 0 Å². The molecule has 3 nitrogen and oxygen atoms in total. The smallest absolute Gasteiger partial charge is 0.162 e. The van der Waals surface area contributed by atoms with Gasteiger partial charge in [-0.25, -0.2) is 0 Å². The number of ether oxygens (including phenoxy) is 1. The molecule has 1 saturated heterocycles. The normalized spacial score (nSPS) is 53.5. The standard InChI is InChI=1S/C19H28O3/c1-11(2)19-9-6-13-12(16(19)22-19)10-14(20)15-17(13,3)7-5-8-18(15,4)21/h10-11,13,15-16,21H,5-9H2,1-4H3. The van der Waals surface area contributed by atoms with E-state index in [0.717, 1.165) is 32.1 Å². The van der Waals surface area contributed by atoms with Gasteiger partial charge in [0.15, 0.2) is 5.78 Å². The Morgan fingerprint density at radius 2 is 2.00 bits per heavy atom. The van der Waals surface area contributed by atoms with Gasteiger partial charge in [0.2, 0.25) is 0 Å². The summed E-state index contributed by atoms with van der Waals surface area (Å²) in [4.78, 5) is 12.9. The highest BCUT2D eigenvalue weighted by molar-refractivity contribution is 5.95. The van der Waals surface area contributed by atoms with E-state index in [1.807, 2.05) is 13.0 Å². The molecule has 4 rings (SSSR count). The van der Waals surface area contributed by atoms with Crippen LogP contribution in [0.3, 0.4) is 0 Å². The van der Waals surface area contributed by atoms with Crippen LogP contribution in [0, 0.1) is 23.2 Å². The summed E-state index contributed by atoms with van der Waals surface area (Å²) in [6, 6.07) is 0. The van der Waals surface area contributed by atoms with Crippen molar-refractivity contribution in [3.05, 3.63) is 11.6 Å². The van der Waals surface area contributed by atoms with Crippen LogP contribution in [0.2, 0.25) is 0 Å². The first-order chi connectivity index (χ1) is 10.2. The van der Waals surface area contributed by atoms with E-state index in [0.29, 0.717) is 11.8 Å². The van der Waals surface area contributed by atoms with Crippen molar-refractivity contribution < 1.29 is 14.6 Å². The fraction of sp³-hybridized carbons (Fsp3) is 0.842. The largest absolute Gasteiger partial charge is 0.389 e. The molecule has 2 saturated carbocycles. The van der Waals surface area contributed by atoms with Crippen LogP contribution in [0.4, 0.5) is 0 Å². The van der Waals surface area contributed by atoms with Gasteiger partial charge >= 0.3 is 0 Å². The second-order valence-corrected chi connectivity index (χ2v) is 8.90. The summed E-state index contributed by atoms with van der Waals surface area (Å²) in [6.45, 7) is 8.55. The first kappa shape index (κ1) is 14.9. The maximum atomic E-state index is 12.9. The molecule has 0 aromatic heterocycles. The Bertz CT molecular complexity index is 561. The van der Waals surface area contributed by atoms with E-state index in [-0.39, 0.29) is 28.8 Å². The van der Waals surface area contributed by atoms with Crippen molar-refractivity contribution in [2.45, 2.75) is 77.1 Å². The number of fused-ring (bicyclic) bond motifs is 5. The van der Waals surface area contributed by atoms with Crippen LogP contribution in [-0.4, -0.2) is 28.2 Å². The molecule has 1 heterocycles. The zero-order valence-electron chi connectivity index (χ0n) is 14.2. The minimum absolute atomic E-state index is 0.0109. The van der Waals surface area contributed by atoms with Crippen molar-refractivity contribution in [2.24, 2.45) is 23.2 Å². The van der Waals surface area contributed by atoms with Crippen LogP contribution in [-0.2, 0) is 9.53 Å². The van der Waals surface area contributed by atoms with Crippen LogP contribution in [0.1, 0.15) is 59.8 Å². The van der Waals surface area contributed by atoms with Crippen molar-refractivity contribution in [1.82, 2.24) is 0 Å². The zero-order valence-corrected chi connectivity index (χ0v) is 14.2. The Morgan fingerprint density at radius 1 is 1.27 bits per heavy atom. The summed E-state index contributed by atoms with van der Waals surface area (Å²) in [7, 11) is 0. The van der Waals surface area contributed by atoms with Crippen molar-refractivity contribution in [1.29, 1.82) is 0 Å². The first-order valence-corrected chi connectivity index (χ1v) is 8.88. The van der Waals surface area contributed by atoms with Gasteiger partial charge in [-0.2, -0.15) is 0 Å². The maximum absolute atomic E-state index is 12.9. The number of rotatable bonds is 1. The third kappa shape index (κ3) is 1.67. The quantitative estimate of drug-likeness (QED) is 0.757. The highest BCUT2D eigenvalue weighted by Crippen LogP contribution is 2.65. The molecule has 1 N–H and O–H groups in total. The third-order valence-corrected chi connectivity index (χ3v) is 7.30. The molecule has 3 heteroatoms. The lowest BCUT2D eigenvalue weighted by molar-refractivity contribution is -0.152. The van der Waals surface area contributed by atoms with E-state index in [2.05, 4.69) is 20.8 Å². The second kappa shape index (κ2) is 4.24. The summed E-state index contributed by atoms with van der Waals surface area (Å²) < 4.78 is 6.14. The molecule has 122 valence electrons. The highest BCUT2D eigenvalue weighted by atomic mass is 16.6. The van der Waals surface area contributed by atoms with E-state index in [1.54, 1.807) is 0 Å². The minimum atomic E-state index is -0.858. The molecular weight excluding hydrogens is 276 g/mol. The van der Waals surface area contributed by atoms with Gasteiger partial charge in [-0.15, -0.1) is 0 Å². The Morgan fingerprint density at radius 3 is 2.68 bits per heavy atom. The molecule has 0 radical (unpaired) electrons. The molecule has 0 amide bonds. The van der Waals surface area contributed by atoms with E-state index < -0.39 is 5.60 Å². The molecule has 22 heavy (non-hydrogen) atoms. The molecule has 6 unspecified atom stereocenters. The highest BCUT2D eigenvalue weighted by Gasteiger charge is 2.68. The average Bonchev–Trinajstić information content (AvgIpc) is 3.13. The summed E-state index contributed by atoms with van der Waals surface area (Å²) >= 11 is 0. The average molecular weight is 304 g/mol. The predicted molar refractivity (Wildman–Crippen MR) is 84.3 cm³/mol. The van der Waals surface area contributed by atoms with Gasteiger partial charge in [-0.05, 0) is 67.9 Å². The SMILES string of the molecule is CC(C)C12CCC3C(=CC(=O)C4C(C)(O)CCCC34C)C1O2. The van der Waals surface area contributed by atoms with Gasteiger partial charge in [0, 0.05) is 0 Å². The molecule has 3 aliphatic carbocycles. The molecule has 0 spiro atoms. The van der Waals surface area contributed by atoms with E-state index in [4.69, 9.17) is 4.74 Å². The first-order valence-electron chi connectivity index (χ1n) is 8.88. The number of allylic oxidation sites excluding steroid dienone is 1. The fourth-order valence-electron chi connectivity index (χ4n) is 6.14. The van der Waals surface area contributed by atoms with Gasteiger partial charge in [0.1, 0.15) is 11.7 Å². The van der Waals surface area contributed by atoms with Crippen molar-refractivity contribution >= 4 is 5.78 Å². The fourth-order valence-corrected chi connectivity index (χ4v) is 6.14. The molecule has 3 fully saturated rings. The monoisotopic (exact) mass is 304 g/mol. The summed E-state index contributed by atoms with van der Waals surface area (Å²) in [5, 5.41) is 10.8. The topological polar surface area (TPSA) is 49.8 Å². The van der Waals surface area contributed by atoms with Crippen LogP contribution < -0.4 is 0 Å². The van der Waals surface area contributed by atoms with Gasteiger partial charge < -0.3 is 9.84 Å². The number of hydrogen-bond acceptors (Lipinski definition) is 3. The Labute approximate surface area is 133 Å². The molecular formula is C19H28O3. The molecule has 4 aliphatic rings. The van der Waals surface area contributed by atoms with E-state index in [1.165, 1.54) is 5.57 Å². The number of ketones is 1. The predicted octanol–water partition coefficient (Wildman–Crippen LogP) is 3.26. The van der Waals surface area contributed by atoms with Crippen molar-refractivity contribution in [2.75, 3.05) is 0 Å². The van der Waals surface area contributed by atoms with Crippen molar-refractivity contribution in [3.8, 4) is 0 Å². The minimum Gasteiger partial charge on any atom is -0.389 e. The van der Waals surface area contributed by atoms with E-state index >= 15 is 0 Å². The Balaban J connectivity index is 1.76. The van der Waals surface area contributed by atoms with Crippen molar-refractivity contribution in [3.63, 3.8) is 0 Å².